The van der Waals surface area contributed by atoms with E-state index in [9.17, 15) is 9.59 Å². The van der Waals surface area contributed by atoms with E-state index in [1.807, 2.05) is 6.92 Å². The van der Waals surface area contributed by atoms with Crippen molar-refractivity contribution in [1.29, 1.82) is 0 Å². The molecule has 2 aromatic rings. The Hall–Kier alpha value is -2.08. The van der Waals surface area contributed by atoms with Gasteiger partial charge in [-0.3, -0.25) is 4.79 Å². The Kier molecular flexibility index (Phi) is 4.01. The Balaban J connectivity index is 2.30. The van der Waals surface area contributed by atoms with E-state index in [4.69, 9.17) is 5.11 Å². The molecule has 0 bridgehead atoms. The van der Waals surface area contributed by atoms with Crippen LogP contribution < -0.4 is 5.56 Å². The molecule has 0 aliphatic rings. The maximum absolute atomic E-state index is 11.4. The average molecular weight is 276 g/mol. The summed E-state index contributed by atoms with van der Waals surface area (Å²) in [7, 11) is 0. The molecule has 0 saturated heterocycles. The number of nitrogens with one attached hydrogen (secondary N) is 1. The molecule has 6 heteroatoms. The molecule has 0 radical (unpaired) electrons. The zero-order valence-corrected chi connectivity index (χ0v) is 11.0. The molecule has 98 valence electrons. The number of carboxylic acid groups (broad SMARTS) is 1. The van der Waals surface area contributed by atoms with Crippen LogP contribution in [-0.2, 0) is 6.42 Å². The molecule has 0 unspecified atom stereocenters. The molecule has 0 aliphatic carbocycles. The number of rotatable bonds is 4. The van der Waals surface area contributed by atoms with Crippen LogP contribution in [0.25, 0.3) is 0 Å². The average Bonchev–Trinajstić information content (AvgIpc) is 2.38. The first-order chi connectivity index (χ1) is 9.08. The van der Waals surface area contributed by atoms with Gasteiger partial charge in [0.1, 0.15) is 10.9 Å². The van der Waals surface area contributed by atoms with Gasteiger partial charge in [-0.2, -0.15) is 0 Å². The topological polar surface area (TPSA) is 83.0 Å². The molecule has 5 nitrogen and oxygen atoms in total. The van der Waals surface area contributed by atoms with E-state index < -0.39 is 5.97 Å². The third kappa shape index (κ3) is 3.45. The predicted molar refractivity (Wildman–Crippen MR) is 71.8 cm³/mol. The Labute approximate surface area is 113 Å². The minimum absolute atomic E-state index is 0.205. The molecular formula is C13H12N2O3S. The van der Waals surface area contributed by atoms with Crippen molar-refractivity contribution in [2.75, 3.05) is 0 Å². The summed E-state index contributed by atoms with van der Waals surface area (Å²) in [5.41, 5.74) is 0.00861. The molecule has 2 rings (SSSR count). The van der Waals surface area contributed by atoms with E-state index in [1.54, 1.807) is 18.2 Å². The second-order valence-electron chi connectivity index (χ2n) is 3.82. The molecule has 1 aromatic heterocycles. The summed E-state index contributed by atoms with van der Waals surface area (Å²) < 4.78 is 0. The Morgan fingerprint density at radius 2 is 2.21 bits per heavy atom. The lowest BCUT2D eigenvalue weighted by Crippen LogP contribution is -2.10. The minimum Gasteiger partial charge on any atom is -0.478 e. The number of H-pyrrole nitrogens is 1. The van der Waals surface area contributed by atoms with E-state index >= 15 is 0 Å². The van der Waals surface area contributed by atoms with Crippen molar-refractivity contribution in [3.63, 3.8) is 0 Å². The Bertz CT molecular complexity index is 667. The van der Waals surface area contributed by atoms with Gasteiger partial charge in [-0.05, 0) is 18.2 Å². The normalized spacial score (nSPS) is 10.4. The standard InChI is InChI=1S/C13H12N2O3S/c1-2-10-14-11(16)7-12(15-10)19-9-5-3-4-8(6-9)13(17)18/h3-7H,2H2,1H3,(H,17,18)(H,14,15,16). The lowest BCUT2D eigenvalue weighted by Gasteiger charge is -2.03. The van der Waals surface area contributed by atoms with Gasteiger partial charge in [0.05, 0.1) is 5.56 Å². The summed E-state index contributed by atoms with van der Waals surface area (Å²) in [4.78, 5) is 30.0. The summed E-state index contributed by atoms with van der Waals surface area (Å²) in [6.45, 7) is 1.90. The highest BCUT2D eigenvalue weighted by molar-refractivity contribution is 7.99. The number of hydrogen-bond acceptors (Lipinski definition) is 4. The maximum atomic E-state index is 11.4. The number of aromatic nitrogens is 2. The number of carboxylic acids is 1. The highest BCUT2D eigenvalue weighted by Crippen LogP contribution is 2.25. The van der Waals surface area contributed by atoms with E-state index in [-0.39, 0.29) is 11.1 Å². The maximum Gasteiger partial charge on any atom is 0.335 e. The fourth-order valence-corrected chi connectivity index (χ4v) is 2.41. The number of aromatic carboxylic acids is 1. The fourth-order valence-electron chi connectivity index (χ4n) is 1.52. The van der Waals surface area contributed by atoms with Gasteiger partial charge in [0, 0.05) is 17.4 Å². The van der Waals surface area contributed by atoms with Crippen molar-refractivity contribution in [1.82, 2.24) is 9.97 Å². The SMILES string of the molecule is CCc1nc(Sc2cccc(C(=O)O)c2)cc(=O)[nH]1. The number of aromatic amines is 1. The first kappa shape index (κ1) is 13.4. The van der Waals surface area contributed by atoms with E-state index in [2.05, 4.69) is 9.97 Å². The number of aryl methyl sites for hydroxylation is 1. The quantitative estimate of drug-likeness (QED) is 0.836. The largest absolute Gasteiger partial charge is 0.478 e. The van der Waals surface area contributed by atoms with Gasteiger partial charge < -0.3 is 10.1 Å². The van der Waals surface area contributed by atoms with Crippen molar-refractivity contribution in [2.45, 2.75) is 23.3 Å². The molecule has 1 heterocycles. The minimum atomic E-state index is -0.976. The van der Waals surface area contributed by atoms with Crippen LogP contribution in [0, 0.1) is 0 Å². The molecular weight excluding hydrogens is 264 g/mol. The lowest BCUT2D eigenvalue weighted by molar-refractivity contribution is 0.0696. The zero-order valence-electron chi connectivity index (χ0n) is 10.2. The molecule has 0 fully saturated rings. The van der Waals surface area contributed by atoms with Gasteiger partial charge in [-0.15, -0.1) is 0 Å². The van der Waals surface area contributed by atoms with Crippen molar-refractivity contribution < 1.29 is 9.90 Å². The van der Waals surface area contributed by atoms with Crippen LogP contribution in [0.15, 0.2) is 45.0 Å². The third-order valence-electron chi connectivity index (χ3n) is 2.41. The van der Waals surface area contributed by atoms with Gasteiger partial charge in [-0.25, -0.2) is 9.78 Å². The molecule has 0 saturated carbocycles. The smallest absolute Gasteiger partial charge is 0.335 e. The second-order valence-corrected chi connectivity index (χ2v) is 4.91. The van der Waals surface area contributed by atoms with Crippen molar-refractivity contribution in [3.05, 3.63) is 52.1 Å². The first-order valence-corrected chi connectivity index (χ1v) is 6.51. The number of nitrogens with zero attached hydrogens (tertiary/aromatic N) is 1. The van der Waals surface area contributed by atoms with E-state index in [1.165, 1.54) is 23.9 Å². The van der Waals surface area contributed by atoms with Gasteiger partial charge in [0.25, 0.3) is 5.56 Å². The van der Waals surface area contributed by atoms with E-state index in [0.29, 0.717) is 17.3 Å². The molecule has 19 heavy (non-hydrogen) atoms. The first-order valence-electron chi connectivity index (χ1n) is 5.70. The van der Waals surface area contributed by atoms with Gasteiger partial charge >= 0.3 is 5.97 Å². The van der Waals surface area contributed by atoms with Crippen LogP contribution in [0.4, 0.5) is 0 Å². The molecule has 0 aliphatic heterocycles. The second kappa shape index (κ2) is 5.71. The van der Waals surface area contributed by atoms with Crippen molar-refractivity contribution >= 4 is 17.7 Å². The highest BCUT2D eigenvalue weighted by Gasteiger charge is 2.06. The fraction of sp³-hybridized carbons (Fsp3) is 0.154. The summed E-state index contributed by atoms with van der Waals surface area (Å²) in [6, 6.07) is 7.93. The summed E-state index contributed by atoms with van der Waals surface area (Å²) >= 11 is 1.27. The van der Waals surface area contributed by atoms with Crippen molar-refractivity contribution in [3.8, 4) is 0 Å². The van der Waals surface area contributed by atoms with Crippen LogP contribution in [0.5, 0.6) is 0 Å². The third-order valence-corrected chi connectivity index (χ3v) is 3.31. The van der Waals surface area contributed by atoms with Crippen LogP contribution in [0.2, 0.25) is 0 Å². The molecule has 0 amide bonds. The number of benzene rings is 1. The van der Waals surface area contributed by atoms with Gasteiger partial charge in [0.2, 0.25) is 0 Å². The molecule has 2 N–H and O–H groups in total. The van der Waals surface area contributed by atoms with Crippen LogP contribution >= 0.6 is 11.8 Å². The van der Waals surface area contributed by atoms with E-state index in [0.717, 1.165) is 4.90 Å². The summed E-state index contributed by atoms with van der Waals surface area (Å²) in [5, 5.41) is 9.48. The van der Waals surface area contributed by atoms with Gasteiger partial charge in [-0.1, -0.05) is 24.8 Å². The summed E-state index contributed by atoms with van der Waals surface area (Å²) in [6.07, 6.45) is 0.638. The molecule has 1 aromatic carbocycles. The highest BCUT2D eigenvalue weighted by atomic mass is 32.2. The number of carbonyl (C=O) groups is 1. The van der Waals surface area contributed by atoms with Crippen molar-refractivity contribution in [2.24, 2.45) is 0 Å². The van der Waals surface area contributed by atoms with Crippen LogP contribution in [-0.4, -0.2) is 21.0 Å². The Morgan fingerprint density at radius 3 is 2.89 bits per heavy atom. The zero-order chi connectivity index (χ0) is 13.8. The predicted octanol–water partition coefficient (Wildman–Crippen LogP) is 2.18. The molecule has 0 spiro atoms. The number of hydrogen-bond donors (Lipinski definition) is 2. The van der Waals surface area contributed by atoms with Crippen LogP contribution in [0.3, 0.4) is 0 Å². The Morgan fingerprint density at radius 1 is 1.42 bits per heavy atom. The van der Waals surface area contributed by atoms with Gasteiger partial charge in [0.15, 0.2) is 0 Å². The molecule has 0 atom stereocenters. The lowest BCUT2D eigenvalue weighted by atomic mass is 10.2. The summed E-state index contributed by atoms with van der Waals surface area (Å²) in [5.74, 6) is -0.361. The van der Waals surface area contributed by atoms with Crippen LogP contribution in [0.1, 0.15) is 23.1 Å². The monoisotopic (exact) mass is 276 g/mol.